The van der Waals surface area contributed by atoms with Crippen LogP contribution in [0.5, 0.6) is 0 Å². The predicted molar refractivity (Wildman–Crippen MR) is 137 cm³/mol. The molecule has 0 spiro atoms. The van der Waals surface area contributed by atoms with Crippen LogP contribution in [0.15, 0.2) is 30.3 Å². The number of nitrogens with zero attached hydrogens (tertiary/aromatic N) is 6. The second-order valence-corrected chi connectivity index (χ2v) is 11.3. The number of aromatic nitrogens is 4. The third kappa shape index (κ3) is 4.96. The van der Waals surface area contributed by atoms with Gasteiger partial charge in [0, 0.05) is 39.3 Å². The number of rotatable bonds is 6. The van der Waals surface area contributed by atoms with Crippen LogP contribution in [0.4, 0.5) is 17.5 Å². The summed E-state index contributed by atoms with van der Waals surface area (Å²) in [4.78, 5) is 23.2. The van der Waals surface area contributed by atoms with Gasteiger partial charge >= 0.3 is 0 Å². The SMILES string of the molecule is CN(C)c1nc2ccccc2nc1C=Cc1nc(N[C@@H]2CCS(=O)(=O)C2)cc(N2CCCC2)n1. The van der Waals surface area contributed by atoms with Crippen LogP contribution < -0.4 is 15.1 Å². The zero-order chi connectivity index (χ0) is 23.7. The molecular formula is C24H29N7O2S. The smallest absolute Gasteiger partial charge is 0.156 e. The molecule has 1 N–H and O–H groups in total. The number of para-hydroxylation sites is 2. The van der Waals surface area contributed by atoms with Gasteiger partial charge in [-0.1, -0.05) is 12.1 Å². The first-order valence-electron chi connectivity index (χ1n) is 11.6. The van der Waals surface area contributed by atoms with E-state index in [1.165, 1.54) is 0 Å². The van der Waals surface area contributed by atoms with Gasteiger partial charge in [0.25, 0.3) is 0 Å². The molecule has 178 valence electrons. The highest BCUT2D eigenvalue weighted by Crippen LogP contribution is 2.25. The highest BCUT2D eigenvalue weighted by atomic mass is 32.2. The molecule has 0 amide bonds. The number of benzene rings is 1. The molecular weight excluding hydrogens is 450 g/mol. The molecule has 0 radical (unpaired) electrons. The summed E-state index contributed by atoms with van der Waals surface area (Å²) in [6.45, 7) is 1.91. The van der Waals surface area contributed by atoms with Crippen LogP contribution in [-0.4, -0.2) is 73.1 Å². The van der Waals surface area contributed by atoms with E-state index in [0.29, 0.717) is 18.1 Å². The number of sulfone groups is 1. The van der Waals surface area contributed by atoms with Crippen molar-refractivity contribution < 1.29 is 8.42 Å². The van der Waals surface area contributed by atoms with E-state index in [1.54, 1.807) is 0 Å². The average Bonchev–Trinajstić information content (AvgIpc) is 3.46. The molecule has 2 aromatic heterocycles. The highest BCUT2D eigenvalue weighted by Gasteiger charge is 2.28. The summed E-state index contributed by atoms with van der Waals surface area (Å²) in [6, 6.07) is 9.59. The maximum absolute atomic E-state index is 11.9. The van der Waals surface area contributed by atoms with Crippen molar-refractivity contribution in [3.05, 3.63) is 41.9 Å². The summed E-state index contributed by atoms with van der Waals surface area (Å²) in [5.74, 6) is 3.17. The third-order valence-corrected chi connectivity index (χ3v) is 7.90. The summed E-state index contributed by atoms with van der Waals surface area (Å²) >= 11 is 0. The van der Waals surface area contributed by atoms with Gasteiger partial charge in [-0.2, -0.15) is 0 Å². The monoisotopic (exact) mass is 479 g/mol. The minimum absolute atomic E-state index is 0.130. The molecule has 34 heavy (non-hydrogen) atoms. The quantitative estimate of drug-likeness (QED) is 0.571. The van der Waals surface area contributed by atoms with Gasteiger partial charge in [0.15, 0.2) is 21.5 Å². The predicted octanol–water partition coefficient (Wildman–Crippen LogP) is 2.86. The number of anilines is 3. The maximum Gasteiger partial charge on any atom is 0.156 e. The van der Waals surface area contributed by atoms with Gasteiger partial charge in [-0.05, 0) is 43.5 Å². The second-order valence-electron chi connectivity index (χ2n) is 9.06. The molecule has 2 saturated heterocycles. The summed E-state index contributed by atoms with van der Waals surface area (Å²) in [6.07, 6.45) is 6.61. The lowest BCUT2D eigenvalue weighted by Gasteiger charge is -2.19. The van der Waals surface area contributed by atoms with Crippen LogP contribution in [-0.2, 0) is 9.84 Å². The van der Waals surface area contributed by atoms with Crippen molar-refractivity contribution in [1.29, 1.82) is 0 Å². The molecule has 0 bridgehead atoms. The lowest BCUT2D eigenvalue weighted by molar-refractivity contribution is 0.602. The Labute approximate surface area is 199 Å². The van der Waals surface area contributed by atoms with Crippen LogP contribution >= 0.6 is 0 Å². The molecule has 0 aliphatic carbocycles. The Morgan fingerprint density at radius 3 is 2.44 bits per heavy atom. The molecule has 1 atom stereocenters. The van der Waals surface area contributed by atoms with E-state index >= 15 is 0 Å². The summed E-state index contributed by atoms with van der Waals surface area (Å²) in [5, 5.41) is 3.33. The molecule has 3 aromatic rings. The zero-order valence-corrected chi connectivity index (χ0v) is 20.3. The molecule has 0 saturated carbocycles. The normalized spacial score (nSPS) is 19.8. The fourth-order valence-corrected chi connectivity index (χ4v) is 6.10. The van der Waals surface area contributed by atoms with Crippen molar-refractivity contribution >= 4 is 50.5 Å². The van der Waals surface area contributed by atoms with E-state index < -0.39 is 9.84 Å². The van der Waals surface area contributed by atoms with Gasteiger partial charge in [-0.3, -0.25) is 0 Å². The lowest BCUT2D eigenvalue weighted by atomic mass is 10.2. The van der Waals surface area contributed by atoms with Crippen molar-refractivity contribution in [1.82, 2.24) is 19.9 Å². The van der Waals surface area contributed by atoms with Crippen LogP contribution in [0, 0.1) is 0 Å². The van der Waals surface area contributed by atoms with E-state index in [2.05, 4.69) is 15.2 Å². The van der Waals surface area contributed by atoms with Crippen LogP contribution in [0.1, 0.15) is 30.8 Å². The van der Waals surface area contributed by atoms with Crippen LogP contribution in [0.25, 0.3) is 23.2 Å². The van der Waals surface area contributed by atoms with Gasteiger partial charge in [-0.25, -0.2) is 28.4 Å². The summed E-state index contributed by atoms with van der Waals surface area (Å²) in [5.41, 5.74) is 2.40. The number of nitrogens with one attached hydrogen (secondary N) is 1. The molecule has 4 heterocycles. The molecule has 5 rings (SSSR count). The molecule has 0 unspecified atom stereocenters. The van der Waals surface area contributed by atoms with E-state index in [-0.39, 0.29) is 17.5 Å². The van der Waals surface area contributed by atoms with Crippen molar-refractivity contribution in [3.8, 4) is 0 Å². The number of hydrogen-bond donors (Lipinski definition) is 1. The minimum Gasteiger partial charge on any atom is -0.366 e. The first kappa shape index (κ1) is 22.5. The summed E-state index contributed by atoms with van der Waals surface area (Å²) < 4.78 is 23.8. The van der Waals surface area contributed by atoms with Crippen molar-refractivity contribution in [2.45, 2.75) is 25.3 Å². The number of fused-ring (bicyclic) bond motifs is 1. The van der Waals surface area contributed by atoms with Gasteiger partial charge in [0.05, 0.1) is 22.5 Å². The zero-order valence-electron chi connectivity index (χ0n) is 19.5. The van der Waals surface area contributed by atoms with Crippen molar-refractivity contribution in [3.63, 3.8) is 0 Å². The van der Waals surface area contributed by atoms with E-state index in [0.717, 1.165) is 54.3 Å². The van der Waals surface area contributed by atoms with Crippen LogP contribution in [0.2, 0.25) is 0 Å². The largest absolute Gasteiger partial charge is 0.366 e. The first-order valence-corrected chi connectivity index (χ1v) is 13.4. The van der Waals surface area contributed by atoms with Gasteiger partial charge in [0.2, 0.25) is 0 Å². The second kappa shape index (κ2) is 9.17. The lowest BCUT2D eigenvalue weighted by Crippen LogP contribution is -2.23. The fourth-order valence-electron chi connectivity index (χ4n) is 4.43. The average molecular weight is 480 g/mol. The van der Waals surface area contributed by atoms with Gasteiger partial charge in [-0.15, -0.1) is 0 Å². The standard InChI is InChI=1S/C24H29N7O2S/c1-30(2)24-20(26-18-7-3-4-8-19(18)27-24)9-10-21-28-22(25-17-11-14-34(32,33)16-17)15-23(29-21)31-12-5-6-13-31/h3-4,7-10,15,17H,5-6,11-14,16H2,1-2H3,(H,25,28,29)/t17-/m1/s1. The topological polar surface area (TPSA) is 104 Å². The van der Waals surface area contributed by atoms with E-state index in [9.17, 15) is 8.42 Å². The Morgan fingerprint density at radius 2 is 1.76 bits per heavy atom. The molecule has 2 fully saturated rings. The van der Waals surface area contributed by atoms with E-state index in [1.807, 2.05) is 61.5 Å². The first-order chi connectivity index (χ1) is 16.4. The van der Waals surface area contributed by atoms with Crippen molar-refractivity contribution in [2.24, 2.45) is 0 Å². The summed E-state index contributed by atoms with van der Waals surface area (Å²) in [7, 11) is 0.907. The molecule has 1 aromatic carbocycles. The van der Waals surface area contributed by atoms with Gasteiger partial charge in [0.1, 0.15) is 17.3 Å². The number of hydrogen-bond acceptors (Lipinski definition) is 9. The van der Waals surface area contributed by atoms with Gasteiger partial charge < -0.3 is 15.1 Å². The molecule has 2 aliphatic rings. The Morgan fingerprint density at radius 1 is 1.03 bits per heavy atom. The molecule has 10 heteroatoms. The van der Waals surface area contributed by atoms with Crippen molar-refractivity contribution in [2.75, 3.05) is 53.8 Å². The minimum atomic E-state index is -2.98. The molecule has 9 nitrogen and oxygen atoms in total. The Bertz CT molecular complexity index is 1330. The third-order valence-electron chi connectivity index (χ3n) is 6.14. The maximum atomic E-state index is 11.9. The Hall–Kier alpha value is -3.27. The highest BCUT2D eigenvalue weighted by molar-refractivity contribution is 7.91. The molecule has 2 aliphatic heterocycles. The Balaban J connectivity index is 1.49. The fraction of sp³-hybridized carbons (Fsp3) is 0.417. The van der Waals surface area contributed by atoms with E-state index in [4.69, 9.17) is 15.0 Å². The Kier molecular flexibility index (Phi) is 6.07. The van der Waals surface area contributed by atoms with Crippen LogP contribution in [0.3, 0.4) is 0 Å².